The SMILES string of the molecule is CCCCNc1nc(N)nc(/C=C/C(=O)OCC)c1Cc1ccccc1OC. The summed E-state index contributed by atoms with van der Waals surface area (Å²) < 4.78 is 10.4. The van der Waals surface area contributed by atoms with E-state index in [1.165, 1.54) is 6.08 Å². The van der Waals surface area contributed by atoms with Gasteiger partial charge in [0.15, 0.2) is 0 Å². The molecule has 2 rings (SSSR count). The Labute approximate surface area is 166 Å². The number of benzene rings is 1. The van der Waals surface area contributed by atoms with Crippen LogP contribution < -0.4 is 15.8 Å². The second-order valence-corrected chi connectivity index (χ2v) is 6.15. The van der Waals surface area contributed by atoms with E-state index in [0.29, 0.717) is 24.5 Å². The molecule has 0 fully saturated rings. The largest absolute Gasteiger partial charge is 0.496 e. The average Bonchev–Trinajstić information content (AvgIpc) is 2.69. The first-order valence-electron chi connectivity index (χ1n) is 9.46. The predicted octanol–water partition coefficient (Wildman–Crippen LogP) is 3.45. The number of nitrogens with zero attached hydrogens (tertiary/aromatic N) is 2. The molecule has 0 aliphatic heterocycles. The van der Waals surface area contributed by atoms with Crippen molar-refractivity contribution in [2.45, 2.75) is 33.1 Å². The summed E-state index contributed by atoms with van der Waals surface area (Å²) >= 11 is 0. The Morgan fingerprint density at radius 2 is 2.04 bits per heavy atom. The van der Waals surface area contributed by atoms with Crippen molar-refractivity contribution in [2.24, 2.45) is 0 Å². The van der Waals surface area contributed by atoms with Crippen molar-refractivity contribution in [1.82, 2.24) is 9.97 Å². The summed E-state index contributed by atoms with van der Waals surface area (Å²) in [4.78, 5) is 20.5. The van der Waals surface area contributed by atoms with Gasteiger partial charge in [0.2, 0.25) is 5.95 Å². The van der Waals surface area contributed by atoms with Crippen LogP contribution in [-0.2, 0) is 16.0 Å². The molecule has 150 valence electrons. The summed E-state index contributed by atoms with van der Waals surface area (Å²) in [5.41, 5.74) is 8.32. The molecule has 0 aliphatic carbocycles. The second kappa shape index (κ2) is 10.9. The fraction of sp³-hybridized carbons (Fsp3) is 0.381. The van der Waals surface area contributed by atoms with Gasteiger partial charge in [0, 0.05) is 24.6 Å². The zero-order valence-electron chi connectivity index (χ0n) is 16.7. The van der Waals surface area contributed by atoms with Crippen LogP contribution in [0.1, 0.15) is 43.5 Å². The molecule has 1 aromatic carbocycles. The van der Waals surface area contributed by atoms with Gasteiger partial charge in [-0.2, -0.15) is 4.98 Å². The summed E-state index contributed by atoms with van der Waals surface area (Å²) in [6.07, 6.45) is 5.57. The molecular formula is C21H28N4O3. The Balaban J connectivity index is 2.45. The molecule has 0 atom stereocenters. The first-order valence-corrected chi connectivity index (χ1v) is 9.46. The smallest absolute Gasteiger partial charge is 0.330 e. The standard InChI is InChI=1S/C21H28N4O3/c1-4-6-13-23-20-16(14-15-9-7-8-10-18(15)27-3)17(24-21(22)25-20)11-12-19(26)28-5-2/h7-12H,4-6,13-14H2,1-3H3,(H3,22,23,24,25)/b12-11+. The number of para-hydroxylation sites is 1. The molecule has 1 aromatic heterocycles. The molecular weight excluding hydrogens is 356 g/mol. The summed E-state index contributed by atoms with van der Waals surface area (Å²) in [5.74, 6) is 1.16. The van der Waals surface area contributed by atoms with Gasteiger partial charge in [0.25, 0.3) is 0 Å². The minimum Gasteiger partial charge on any atom is -0.496 e. The van der Waals surface area contributed by atoms with Gasteiger partial charge in [0.1, 0.15) is 11.6 Å². The van der Waals surface area contributed by atoms with Crippen LogP contribution in [-0.4, -0.2) is 36.2 Å². The van der Waals surface area contributed by atoms with Crippen LogP contribution in [0.25, 0.3) is 6.08 Å². The number of hydrogen-bond donors (Lipinski definition) is 2. The number of hydrogen-bond acceptors (Lipinski definition) is 7. The third-order valence-electron chi connectivity index (χ3n) is 4.10. The van der Waals surface area contributed by atoms with Crippen LogP contribution in [0.3, 0.4) is 0 Å². The first kappa shape index (κ1) is 21.2. The van der Waals surface area contributed by atoms with Crippen molar-refractivity contribution >= 4 is 23.8 Å². The van der Waals surface area contributed by atoms with Crippen LogP contribution in [0, 0.1) is 0 Å². The number of ether oxygens (including phenoxy) is 2. The molecule has 0 aliphatic rings. The van der Waals surface area contributed by atoms with Crippen LogP contribution in [0.15, 0.2) is 30.3 Å². The highest BCUT2D eigenvalue weighted by Crippen LogP contribution is 2.27. The Morgan fingerprint density at radius 1 is 1.25 bits per heavy atom. The number of aromatic nitrogens is 2. The van der Waals surface area contributed by atoms with E-state index in [2.05, 4.69) is 22.2 Å². The third-order valence-corrected chi connectivity index (χ3v) is 4.10. The van der Waals surface area contributed by atoms with Crippen molar-refractivity contribution in [1.29, 1.82) is 0 Å². The zero-order valence-corrected chi connectivity index (χ0v) is 16.7. The van der Waals surface area contributed by atoms with E-state index in [0.717, 1.165) is 36.3 Å². The summed E-state index contributed by atoms with van der Waals surface area (Å²) in [6.45, 7) is 4.97. The van der Waals surface area contributed by atoms with Crippen molar-refractivity contribution in [3.63, 3.8) is 0 Å². The lowest BCUT2D eigenvalue weighted by Gasteiger charge is -2.15. The molecule has 0 amide bonds. The molecule has 0 bridgehead atoms. The Bertz CT molecular complexity index is 821. The molecule has 2 aromatic rings. The van der Waals surface area contributed by atoms with E-state index in [-0.39, 0.29) is 5.95 Å². The molecule has 1 heterocycles. The van der Waals surface area contributed by atoms with E-state index in [4.69, 9.17) is 15.2 Å². The van der Waals surface area contributed by atoms with Crippen molar-refractivity contribution in [2.75, 3.05) is 31.3 Å². The fourth-order valence-electron chi connectivity index (χ4n) is 2.74. The highest BCUT2D eigenvalue weighted by Gasteiger charge is 2.15. The number of carbonyl (C=O) groups excluding carboxylic acids is 1. The third kappa shape index (κ3) is 5.97. The molecule has 0 spiro atoms. The molecule has 0 radical (unpaired) electrons. The molecule has 7 nitrogen and oxygen atoms in total. The summed E-state index contributed by atoms with van der Waals surface area (Å²) in [5, 5.41) is 3.34. The second-order valence-electron chi connectivity index (χ2n) is 6.15. The van der Waals surface area contributed by atoms with Gasteiger partial charge < -0.3 is 20.5 Å². The van der Waals surface area contributed by atoms with Gasteiger partial charge in [-0.1, -0.05) is 31.5 Å². The summed E-state index contributed by atoms with van der Waals surface area (Å²) in [6, 6.07) is 7.77. The molecule has 0 unspecified atom stereocenters. The van der Waals surface area contributed by atoms with E-state index < -0.39 is 5.97 Å². The lowest BCUT2D eigenvalue weighted by molar-refractivity contribution is -0.137. The number of nitrogens with two attached hydrogens (primary N) is 1. The van der Waals surface area contributed by atoms with Gasteiger partial charge in [-0.25, -0.2) is 9.78 Å². The highest BCUT2D eigenvalue weighted by molar-refractivity contribution is 5.87. The normalized spacial score (nSPS) is 10.8. The number of rotatable bonds is 10. The average molecular weight is 384 g/mol. The lowest BCUT2D eigenvalue weighted by atomic mass is 10.0. The summed E-state index contributed by atoms with van der Waals surface area (Å²) in [7, 11) is 1.64. The minimum atomic E-state index is -0.427. The Kier molecular flexibility index (Phi) is 8.27. The van der Waals surface area contributed by atoms with Crippen molar-refractivity contribution in [3.05, 3.63) is 47.2 Å². The van der Waals surface area contributed by atoms with E-state index >= 15 is 0 Å². The molecule has 0 saturated carbocycles. The Hall–Kier alpha value is -3.09. The van der Waals surface area contributed by atoms with Crippen molar-refractivity contribution < 1.29 is 14.3 Å². The number of esters is 1. The molecule has 28 heavy (non-hydrogen) atoms. The van der Waals surface area contributed by atoms with E-state index in [9.17, 15) is 4.79 Å². The van der Waals surface area contributed by atoms with Gasteiger partial charge in [-0.05, 0) is 31.1 Å². The van der Waals surface area contributed by atoms with Crippen LogP contribution in [0.4, 0.5) is 11.8 Å². The fourth-order valence-corrected chi connectivity index (χ4v) is 2.74. The maximum atomic E-state index is 11.7. The van der Waals surface area contributed by atoms with Crippen LogP contribution in [0.2, 0.25) is 0 Å². The van der Waals surface area contributed by atoms with Gasteiger partial charge >= 0.3 is 5.97 Å². The van der Waals surface area contributed by atoms with Crippen LogP contribution >= 0.6 is 0 Å². The number of nitrogen functional groups attached to an aromatic ring is 1. The van der Waals surface area contributed by atoms with E-state index in [1.54, 1.807) is 20.1 Å². The first-order chi connectivity index (χ1) is 13.6. The molecule has 7 heteroatoms. The number of unbranched alkanes of at least 4 members (excludes halogenated alkanes) is 1. The molecule has 0 saturated heterocycles. The van der Waals surface area contributed by atoms with Gasteiger partial charge in [-0.15, -0.1) is 0 Å². The topological polar surface area (TPSA) is 99.4 Å². The van der Waals surface area contributed by atoms with Crippen LogP contribution in [0.5, 0.6) is 5.75 Å². The zero-order chi connectivity index (χ0) is 20.4. The number of methoxy groups -OCH3 is 1. The number of anilines is 2. The van der Waals surface area contributed by atoms with Gasteiger partial charge in [-0.3, -0.25) is 0 Å². The molecule has 3 N–H and O–H groups in total. The maximum absolute atomic E-state index is 11.7. The van der Waals surface area contributed by atoms with Crippen molar-refractivity contribution in [3.8, 4) is 5.75 Å². The van der Waals surface area contributed by atoms with Gasteiger partial charge in [0.05, 0.1) is 19.4 Å². The highest BCUT2D eigenvalue weighted by atomic mass is 16.5. The monoisotopic (exact) mass is 384 g/mol. The number of nitrogens with one attached hydrogen (secondary N) is 1. The Morgan fingerprint density at radius 3 is 2.75 bits per heavy atom. The van der Waals surface area contributed by atoms with E-state index in [1.807, 2.05) is 24.3 Å². The predicted molar refractivity (Wildman–Crippen MR) is 111 cm³/mol. The number of carbonyl (C=O) groups is 1. The lowest BCUT2D eigenvalue weighted by Crippen LogP contribution is -2.12. The quantitative estimate of drug-likeness (QED) is 0.368. The minimum absolute atomic E-state index is 0.145. The maximum Gasteiger partial charge on any atom is 0.330 e.